The number of likely N-dealkylation sites (N-methyl/N-ethyl adjacent to an activating group) is 1. The summed E-state index contributed by atoms with van der Waals surface area (Å²) < 4.78 is 1.78. The molecular formula is C23H24N6O2S. The topological polar surface area (TPSA) is 82.8 Å². The maximum Gasteiger partial charge on any atom is 0.290 e. The van der Waals surface area contributed by atoms with Crippen LogP contribution in [0.1, 0.15) is 18.2 Å². The molecule has 8 nitrogen and oxygen atoms in total. The Bertz CT molecular complexity index is 1240. The average Bonchev–Trinajstić information content (AvgIpc) is 3.35. The van der Waals surface area contributed by atoms with Crippen LogP contribution >= 0.6 is 11.8 Å². The minimum Gasteiger partial charge on any atom is -0.369 e. The smallest absolute Gasteiger partial charge is 0.290 e. The van der Waals surface area contributed by atoms with Crippen LogP contribution in [-0.4, -0.2) is 63.4 Å². The number of hydrogen-bond donors (Lipinski definition) is 1. The van der Waals surface area contributed by atoms with Crippen molar-refractivity contribution < 1.29 is 9.59 Å². The van der Waals surface area contributed by atoms with Gasteiger partial charge in [-0.1, -0.05) is 13.0 Å². The molecule has 1 N–H and O–H groups in total. The highest BCUT2D eigenvalue weighted by atomic mass is 32.2. The second kappa shape index (κ2) is 8.40. The molecule has 4 heterocycles. The second-order valence-corrected chi connectivity index (χ2v) is 8.96. The molecule has 0 bridgehead atoms. The van der Waals surface area contributed by atoms with Crippen molar-refractivity contribution in [2.24, 2.45) is 0 Å². The summed E-state index contributed by atoms with van der Waals surface area (Å²) in [4.78, 5) is 33.0. The third-order valence-corrected chi connectivity index (χ3v) is 6.77. The second-order valence-electron chi connectivity index (χ2n) is 7.95. The first-order valence-electron chi connectivity index (χ1n) is 10.7. The molecule has 2 amide bonds. The molecule has 2 fully saturated rings. The molecule has 0 atom stereocenters. The summed E-state index contributed by atoms with van der Waals surface area (Å²) in [5.41, 5.74) is 5.71. The molecule has 0 aliphatic carbocycles. The molecule has 2 saturated heterocycles. The molecule has 0 unspecified atom stereocenters. The van der Waals surface area contributed by atoms with Gasteiger partial charge in [-0.05, 0) is 61.1 Å². The lowest BCUT2D eigenvalue weighted by Crippen LogP contribution is -2.46. The van der Waals surface area contributed by atoms with E-state index in [1.54, 1.807) is 16.7 Å². The van der Waals surface area contributed by atoms with E-state index in [0.717, 1.165) is 61.4 Å². The Morgan fingerprint density at radius 3 is 2.62 bits per heavy atom. The Morgan fingerprint density at radius 2 is 1.94 bits per heavy atom. The van der Waals surface area contributed by atoms with Gasteiger partial charge < -0.3 is 9.80 Å². The SMILES string of the molecule is CCN1CCN(c2ccc(-c3cnc4ccc(C=C5SC(=O)NC5=O)nn34)cc2C)CC1. The van der Waals surface area contributed by atoms with E-state index in [2.05, 4.69) is 57.2 Å². The summed E-state index contributed by atoms with van der Waals surface area (Å²) in [6, 6.07) is 10.1. The Balaban J connectivity index is 1.44. The predicted molar refractivity (Wildman–Crippen MR) is 127 cm³/mol. The summed E-state index contributed by atoms with van der Waals surface area (Å²) in [7, 11) is 0. The zero-order valence-electron chi connectivity index (χ0n) is 18.0. The fraction of sp³-hybridized carbons (Fsp3) is 0.304. The first kappa shape index (κ1) is 20.7. The van der Waals surface area contributed by atoms with Crippen molar-refractivity contribution in [3.8, 4) is 11.3 Å². The Labute approximate surface area is 190 Å². The highest BCUT2D eigenvalue weighted by Crippen LogP contribution is 2.29. The number of carbonyl (C=O) groups excluding carboxylic acids is 2. The van der Waals surface area contributed by atoms with E-state index in [1.807, 2.05) is 12.3 Å². The average molecular weight is 449 g/mol. The van der Waals surface area contributed by atoms with Crippen LogP contribution in [0.4, 0.5) is 10.5 Å². The number of aryl methyl sites for hydroxylation is 1. The number of nitrogens with one attached hydrogen (secondary N) is 1. The zero-order chi connectivity index (χ0) is 22.2. The van der Waals surface area contributed by atoms with Crippen molar-refractivity contribution in [1.29, 1.82) is 0 Å². The van der Waals surface area contributed by atoms with Crippen molar-refractivity contribution in [2.75, 3.05) is 37.6 Å². The fourth-order valence-electron chi connectivity index (χ4n) is 4.19. The number of piperazine rings is 1. The first-order valence-corrected chi connectivity index (χ1v) is 11.5. The molecule has 9 heteroatoms. The number of aromatic nitrogens is 3. The van der Waals surface area contributed by atoms with Crippen LogP contribution < -0.4 is 10.2 Å². The number of imide groups is 1. The maximum atomic E-state index is 11.9. The molecule has 1 aromatic carbocycles. The molecule has 2 aliphatic heterocycles. The Morgan fingerprint density at radius 1 is 1.12 bits per heavy atom. The van der Waals surface area contributed by atoms with Gasteiger partial charge in [-0.3, -0.25) is 14.9 Å². The molecule has 0 radical (unpaired) electrons. The van der Waals surface area contributed by atoms with Gasteiger partial charge in [-0.15, -0.1) is 0 Å². The number of anilines is 1. The summed E-state index contributed by atoms with van der Waals surface area (Å²) in [5, 5.41) is 6.55. The number of benzene rings is 1. The van der Waals surface area contributed by atoms with Gasteiger partial charge in [-0.2, -0.15) is 5.10 Å². The largest absolute Gasteiger partial charge is 0.369 e. The van der Waals surface area contributed by atoms with Crippen LogP contribution in [0.15, 0.2) is 41.4 Å². The number of carbonyl (C=O) groups is 2. The van der Waals surface area contributed by atoms with Crippen molar-refractivity contribution in [3.63, 3.8) is 0 Å². The number of imidazole rings is 1. The maximum absolute atomic E-state index is 11.9. The van der Waals surface area contributed by atoms with Crippen molar-refractivity contribution in [1.82, 2.24) is 24.8 Å². The predicted octanol–water partition coefficient (Wildman–Crippen LogP) is 3.17. The van der Waals surface area contributed by atoms with E-state index >= 15 is 0 Å². The molecule has 0 saturated carbocycles. The van der Waals surface area contributed by atoms with Gasteiger partial charge in [0.15, 0.2) is 5.65 Å². The molecule has 3 aromatic rings. The molecule has 2 aliphatic rings. The summed E-state index contributed by atoms with van der Waals surface area (Å²) in [6.07, 6.45) is 3.44. The number of fused-ring (bicyclic) bond motifs is 1. The van der Waals surface area contributed by atoms with E-state index in [4.69, 9.17) is 0 Å². The van der Waals surface area contributed by atoms with E-state index < -0.39 is 5.91 Å². The number of thioether (sulfide) groups is 1. The van der Waals surface area contributed by atoms with Gasteiger partial charge in [0.1, 0.15) is 0 Å². The lowest BCUT2D eigenvalue weighted by molar-refractivity contribution is -0.115. The van der Waals surface area contributed by atoms with Crippen LogP contribution in [0.3, 0.4) is 0 Å². The molecule has 0 spiro atoms. The third-order valence-electron chi connectivity index (χ3n) is 5.96. The number of nitrogens with zero attached hydrogens (tertiary/aromatic N) is 5. The number of hydrogen-bond acceptors (Lipinski definition) is 7. The quantitative estimate of drug-likeness (QED) is 0.614. The molecular weight excluding hydrogens is 424 g/mol. The van der Waals surface area contributed by atoms with Gasteiger partial charge in [0, 0.05) is 37.4 Å². The van der Waals surface area contributed by atoms with Gasteiger partial charge in [-0.25, -0.2) is 9.50 Å². The van der Waals surface area contributed by atoms with Crippen LogP contribution in [-0.2, 0) is 4.79 Å². The van der Waals surface area contributed by atoms with E-state index in [0.29, 0.717) is 10.6 Å². The van der Waals surface area contributed by atoms with Crippen molar-refractivity contribution >= 4 is 40.3 Å². The first-order chi connectivity index (χ1) is 15.5. The zero-order valence-corrected chi connectivity index (χ0v) is 18.9. The van der Waals surface area contributed by atoms with E-state index in [-0.39, 0.29) is 5.24 Å². The normalized spacial score (nSPS) is 18.7. The molecule has 5 rings (SSSR count). The summed E-state index contributed by atoms with van der Waals surface area (Å²) in [5.74, 6) is -0.390. The number of amides is 2. The third kappa shape index (κ3) is 3.89. The minimum atomic E-state index is -0.390. The summed E-state index contributed by atoms with van der Waals surface area (Å²) in [6.45, 7) is 9.72. The Hall–Kier alpha value is -3.17. The lowest BCUT2D eigenvalue weighted by atomic mass is 10.1. The Kier molecular flexibility index (Phi) is 5.44. The van der Waals surface area contributed by atoms with Crippen molar-refractivity contribution in [2.45, 2.75) is 13.8 Å². The molecule has 164 valence electrons. The monoisotopic (exact) mass is 448 g/mol. The summed E-state index contributed by atoms with van der Waals surface area (Å²) >= 11 is 0.884. The lowest BCUT2D eigenvalue weighted by Gasteiger charge is -2.36. The van der Waals surface area contributed by atoms with Gasteiger partial charge in [0.25, 0.3) is 11.1 Å². The van der Waals surface area contributed by atoms with Gasteiger partial charge in [0.05, 0.1) is 22.5 Å². The standard InChI is InChI=1S/C23H24N6O2S/c1-3-27-8-10-28(11-9-27)18-6-4-16(12-15(18)2)19-14-24-21-7-5-17(26-29(19)21)13-20-22(30)25-23(31)32-20/h4-7,12-14H,3,8-11H2,1-2H3,(H,25,30,31). The molecule has 32 heavy (non-hydrogen) atoms. The minimum absolute atomic E-state index is 0.340. The van der Waals surface area contributed by atoms with Gasteiger partial charge in [0.2, 0.25) is 0 Å². The van der Waals surface area contributed by atoms with E-state index in [1.165, 1.54) is 11.3 Å². The number of rotatable bonds is 4. The van der Waals surface area contributed by atoms with Crippen LogP contribution in [0.5, 0.6) is 0 Å². The van der Waals surface area contributed by atoms with Gasteiger partial charge >= 0.3 is 0 Å². The highest BCUT2D eigenvalue weighted by molar-refractivity contribution is 8.18. The van der Waals surface area contributed by atoms with Crippen LogP contribution in [0.2, 0.25) is 0 Å². The van der Waals surface area contributed by atoms with Crippen molar-refractivity contribution in [3.05, 3.63) is 52.7 Å². The fourth-order valence-corrected chi connectivity index (χ4v) is 4.86. The van der Waals surface area contributed by atoms with Crippen LogP contribution in [0.25, 0.3) is 23.0 Å². The van der Waals surface area contributed by atoms with E-state index in [9.17, 15) is 9.59 Å². The molecule has 2 aromatic heterocycles. The van der Waals surface area contributed by atoms with Crippen LogP contribution in [0, 0.1) is 6.92 Å². The highest BCUT2D eigenvalue weighted by Gasteiger charge is 2.25.